The summed E-state index contributed by atoms with van der Waals surface area (Å²) in [5.74, 6) is 0.170. The predicted molar refractivity (Wildman–Crippen MR) is 67.1 cm³/mol. The summed E-state index contributed by atoms with van der Waals surface area (Å²) in [5, 5.41) is 4.76. The Morgan fingerprint density at radius 1 is 1.35 bits per heavy atom. The second kappa shape index (κ2) is 4.88. The van der Waals surface area contributed by atoms with Crippen LogP contribution in [0.1, 0.15) is 19.5 Å². The van der Waals surface area contributed by atoms with Gasteiger partial charge in [0.15, 0.2) is 0 Å². The molecule has 0 fully saturated rings. The van der Waals surface area contributed by atoms with Gasteiger partial charge in [-0.25, -0.2) is 9.07 Å². The first-order valence-electron chi connectivity index (χ1n) is 5.57. The van der Waals surface area contributed by atoms with Crippen molar-refractivity contribution in [3.63, 3.8) is 0 Å². The van der Waals surface area contributed by atoms with Crippen LogP contribution in [0.15, 0.2) is 30.3 Å². The van der Waals surface area contributed by atoms with Gasteiger partial charge >= 0.3 is 0 Å². The Morgan fingerprint density at radius 3 is 2.71 bits per heavy atom. The van der Waals surface area contributed by atoms with Crippen LogP contribution < -0.4 is 0 Å². The zero-order chi connectivity index (χ0) is 12.4. The Labute approximate surface area is 105 Å². The van der Waals surface area contributed by atoms with E-state index in [9.17, 15) is 4.39 Å². The van der Waals surface area contributed by atoms with Gasteiger partial charge < -0.3 is 0 Å². The minimum atomic E-state index is -0.325. The number of hydrogen-bond acceptors (Lipinski definition) is 1. The molecule has 0 atom stereocenters. The van der Waals surface area contributed by atoms with Gasteiger partial charge in [0.05, 0.1) is 5.69 Å². The minimum Gasteiger partial charge on any atom is -0.219 e. The average Bonchev–Trinajstić information content (AvgIpc) is 2.59. The van der Waals surface area contributed by atoms with Crippen LogP contribution in [0, 0.1) is 11.7 Å². The third kappa shape index (κ3) is 2.67. The third-order valence-corrected chi connectivity index (χ3v) is 2.68. The summed E-state index contributed by atoms with van der Waals surface area (Å²) < 4.78 is 15.0. The van der Waals surface area contributed by atoms with Crippen LogP contribution in [0.25, 0.3) is 5.69 Å². The standard InChI is InChI=1S/C13H14ClFN2/c1-9(2)7-10-8-13(14)17(16-10)12-6-4-3-5-11(12)15/h3-6,8-9H,7H2,1-2H3. The van der Waals surface area contributed by atoms with Gasteiger partial charge in [-0.05, 0) is 30.5 Å². The van der Waals surface area contributed by atoms with E-state index in [1.165, 1.54) is 10.7 Å². The fourth-order valence-electron chi connectivity index (χ4n) is 1.71. The van der Waals surface area contributed by atoms with Crippen molar-refractivity contribution in [1.29, 1.82) is 0 Å². The molecule has 0 spiro atoms. The first-order chi connectivity index (χ1) is 8.08. The van der Waals surface area contributed by atoms with Crippen LogP contribution in [-0.2, 0) is 6.42 Å². The Bertz CT molecular complexity index is 520. The zero-order valence-corrected chi connectivity index (χ0v) is 10.6. The number of para-hydroxylation sites is 1. The highest BCUT2D eigenvalue weighted by atomic mass is 35.5. The van der Waals surface area contributed by atoms with Crippen molar-refractivity contribution >= 4 is 11.6 Å². The lowest BCUT2D eigenvalue weighted by molar-refractivity contribution is 0.602. The molecule has 17 heavy (non-hydrogen) atoms. The van der Waals surface area contributed by atoms with Crippen molar-refractivity contribution in [3.05, 3.63) is 47.0 Å². The molecule has 0 bridgehead atoms. The lowest BCUT2D eigenvalue weighted by Crippen LogP contribution is -2.01. The molecule has 0 unspecified atom stereocenters. The molecule has 0 N–H and O–H groups in total. The van der Waals surface area contributed by atoms with Gasteiger partial charge in [-0.15, -0.1) is 0 Å². The highest BCUT2D eigenvalue weighted by molar-refractivity contribution is 6.29. The lowest BCUT2D eigenvalue weighted by atomic mass is 10.1. The summed E-state index contributed by atoms with van der Waals surface area (Å²) in [7, 11) is 0. The van der Waals surface area contributed by atoms with E-state index in [1.54, 1.807) is 24.3 Å². The van der Waals surface area contributed by atoms with Crippen molar-refractivity contribution in [2.24, 2.45) is 5.92 Å². The van der Waals surface area contributed by atoms with Crippen LogP contribution in [0.4, 0.5) is 4.39 Å². The normalized spacial score (nSPS) is 11.1. The van der Waals surface area contributed by atoms with Gasteiger partial charge in [0, 0.05) is 0 Å². The van der Waals surface area contributed by atoms with E-state index in [1.807, 2.05) is 0 Å². The quantitative estimate of drug-likeness (QED) is 0.811. The highest BCUT2D eigenvalue weighted by Crippen LogP contribution is 2.20. The van der Waals surface area contributed by atoms with E-state index in [2.05, 4.69) is 18.9 Å². The molecule has 0 saturated heterocycles. The second-order valence-electron chi connectivity index (χ2n) is 4.42. The molecule has 1 aromatic carbocycles. The lowest BCUT2D eigenvalue weighted by Gasteiger charge is -2.04. The summed E-state index contributed by atoms with van der Waals surface area (Å²) in [6.07, 6.45) is 0.834. The number of hydrogen-bond donors (Lipinski definition) is 0. The molecule has 0 aliphatic rings. The van der Waals surface area contributed by atoms with Crippen LogP contribution >= 0.6 is 11.6 Å². The molecule has 2 nitrogen and oxygen atoms in total. The molecule has 2 aromatic rings. The van der Waals surface area contributed by atoms with Crippen molar-refractivity contribution in [2.75, 3.05) is 0 Å². The Balaban J connectivity index is 2.40. The summed E-state index contributed by atoms with van der Waals surface area (Å²) in [6, 6.07) is 8.25. The molecule has 1 heterocycles. The Kier molecular flexibility index (Phi) is 3.48. The third-order valence-electron chi connectivity index (χ3n) is 2.41. The SMILES string of the molecule is CC(C)Cc1cc(Cl)n(-c2ccccc2F)n1. The molecule has 0 saturated carbocycles. The molecule has 0 aliphatic heterocycles. The largest absolute Gasteiger partial charge is 0.219 e. The molecule has 90 valence electrons. The van der Waals surface area contributed by atoms with E-state index in [-0.39, 0.29) is 5.82 Å². The van der Waals surface area contributed by atoms with Crippen molar-refractivity contribution < 1.29 is 4.39 Å². The number of halogens is 2. The smallest absolute Gasteiger partial charge is 0.148 e. The number of rotatable bonds is 3. The summed E-state index contributed by atoms with van der Waals surface area (Å²) >= 11 is 6.07. The fourth-order valence-corrected chi connectivity index (χ4v) is 1.97. The van der Waals surface area contributed by atoms with Crippen LogP contribution in [0.3, 0.4) is 0 Å². The molecule has 2 rings (SSSR count). The fraction of sp³-hybridized carbons (Fsp3) is 0.308. The topological polar surface area (TPSA) is 17.8 Å². The Hall–Kier alpha value is -1.35. The highest BCUT2D eigenvalue weighted by Gasteiger charge is 2.11. The first kappa shape index (κ1) is 12.1. The number of benzene rings is 1. The summed E-state index contributed by atoms with van der Waals surface area (Å²) in [4.78, 5) is 0. The van der Waals surface area contributed by atoms with Gasteiger partial charge in [-0.3, -0.25) is 0 Å². The molecule has 0 aliphatic carbocycles. The van der Waals surface area contributed by atoms with E-state index in [0.29, 0.717) is 16.8 Å². The second-order valence-corrected chi connectivity index (χ2v) is 4.81. The van der Waals surface area contributed by atoms with Crippen molar-refractivity contribution in [1.82, 2.24) is 9.78 Å². The van der Waals surface area contributed by atoms with Gasteiger partial charge in [-0.2, -0.15) is 5.10 Å². The van der Waals surface area contributed by atoms with Crippen molar-refractivity contribution in [2.45, 2.75) is 20.3 Å². The van der Waals surface area contributed by atoms with E-state index in [0.717, 1.165) is 12.1 Å². The van der Waals surface area contributed by atoms with Gasteiger partial charge in [0.1, 0.15) is 16.7 Å². The van der Waals surface area contributed by atoms with Gasteiger partial charge in [0.2, 0.25) is 0 Å². The van der Waals surface area contributed by atoms with E-state index >= 15 is 0 Å². The van der Waals surface area contributed by atoms with E-state index in [4.69, 9.17) is 11.6 Å². The molecule has 0 amide bonds. The monoisotopic (exact) mass is 252 g/mol. The van der Waals surface area contributed by atoms with Gasteiger partial charge in [0.25, 0.3) is 0 Å². The van der Waals surface area contributed by atoms with Crippen LogP contribution in [0.5, 0.6) is 0 Å². The van der Waals surface area contributed by atoms with Crippen LogP contribution in [0.2, 0.25) is 5.15 Å². The van der Waals surface area contributed by atoms with Gasteiger partial charge in [-0.1, -0.05) is 37.6 Å². The van der Waals surface area contributed by atoms with Crippen LogP contribution in [-0.4, -0.2) is 9.78 Å². The molecular weight excluding hydrogens is 239 g/mol. The maximum absolute atomic E-state index is 13.6. The van der Waals surface area contributed by atoms with E-state index < -0.39 is 0 Å². The zero-order valence-electron chi connectivity index (χ0n) is 9.82. The van der Waals surface area contributed by atoms with Crippen molar-refractivity contribution in [3.8, 4) is 5.69 Å². The first-order valence-corrected chi connectivity index (χ1v) is 5.95. The molecule has 4 heteroatoms. The maximum atomic E-state index is 13.6. The average molecular weight is 253 g/mol. The molecule has 0 radical (unpaired) electrons. The predicted octanol–water partition coefficient (Wildman–Crippen LogP) is 3.86. The Morgan fingerprint density at radius 2 is 2.06 bits per heavy atom. The summed E-state index contributed by atoms with van der Waals surface area (Å²) in [5.41, 5.74) is 1.26. The summed E-state index contributed by atoms with van der Waals surface area (Å²) in [6.45, 7) is 4.21. The number of aromatic nitrogens is 2. The minimum absolute atomic E-state index is 0.325. The maximum Gasteiger partial charge on any atom is 0.148 e. The molecular formula is C13H14ClFN2. The number of nitrogens with zero attached hydrogens (tertiary/aromatic N) is 2. The molecule has 1 aromatic heterocycles.